The maximum Gasteiger partial charge on any atom is 0.222 e. The lowest BCUT2D eigenvalue weighted by Gasteiger charge is -2.36. The van der Waals surface area contributed by atoms with E-state index < -0.39 is 0 Å². The number of carbonyl (C=O) groups excluding carboxylic acids is 1. The Bertz CT molecular complexity index is 324. The summed E-state index contributed by atoms with van der Waals surface area (Å²) in [5.41, 5.74) is 0. The van der Waals surface area contributed by atoms with Crippen LogP contribution in [0.15, 0.2) is 0 Å². The highest BCUT2D eigenvalue weighted by Gasteiger charge is 2.26. The third-order valence-electron chi connectivity index (χ3n) is 5.12. The van der Waals surface area contributed by atoms with Gasteiger partial charge in [0.2, 0.25) is 5.91 Å². The van der Waals surface area contributed by atoms with Gasteiger partial charge in [0.05, 0.1) is 6.61 Å². The average molecular weight is 311 g/mol. The molecule has 2 fully saturated rings. The molecule has 2 rings (SSSR count). The van der Waals surface area contributed by atoms with Crippen LogP contribution in [0.25, 0.3) is 0 Å². The summed E-state index contributed by atoms with van der Waals surface area (Å²) in [6.07, 6.45) is 3.24. The van der Waals surface area contributed by atoms with E-state index in [9.17, 15) is 4.79 Å². The number of nitrogens with one attached hydrogen (secondary N) is 1. The van der Waals surface area contributed by atoms with E-state index in [2.05, 4.69) is 22.0 Å². The Balaban J connectivity index is 1.66. The summed E-state index contributed by atoms with van der Waals surface area (Å²) in [4.78, 5) is 16.9. The van der Waals surface area contributed by atoms with Crippen LogP contribution < -0.4 is 5.32 Å². The molecular formula is C17H33N3O2. The minimum Gasteiger partial charge on any atom is -0.380 e. The molecule has 2 saturated heterocycles. The molecule has 2 aliphatic heterocycles. The van der Waals surface area contributed by atoms with Gasteiger partial charge in [-0.15, -0.1) is 0 Å². The standard InChI is InChI=1S/C17H33N3O2/c1-3-22-12-11-19-7-9-20(10-8-19)17(21)13-15(2)16-5-4-6-18-14-16/h15-16,18H,3-14H2,1-2H3. The van der Waals surface area contributed by atoms with Crippen LogP contribution in [0.4, 0.5) is 0 Å². The van der Waals surface area contributed by atoms with Crippen LogP contribution in [0.1, 0.15) is 33.1 Å². The SMILES string of the molecule is CCOCCN1CCN(C(=O)CC(C)C2CCCNC2)CC1. The number of piperazine rings is 1. The summed E-state index contributed by atoms with van der Waals surface area (Å²) in [6.45, 7) is 12.8. The number of hydrogen-bond acceptors (Lipinski definition) is 4. The second-order valence-corrected chi connectivity index (χ2v) is 6.71. The Labute approximate surface area is 135 Å². The van der Waals surface area contributed by atoms with Crippen molar-refractivity contribution in [3.05, 3.63) is 0 Å². The molecule has 22 heavy (non-hydrogen) atoms. The maximum atomic E-state index is 12.5. The average Bonchev–Trinajstić information content (AvgIpc) is 2.56. The van der Waals surface area contributed by atoms with Crippen molar-refractivity contribution in [2.45, 2.75) is 33.1 Å². The Morgan fingerprint density at radius 2 is 2.09 bits per heavy atom. The fourth-order valence-corrected chi connectivity index (χ4v) is 3.49. The fourth-order valence-electron chi connectivity index (χ4n) is 3.49. The molecule has 0 aromatic heterocycles. The molecule has 0 bridgehead atoms. The fraction of sp³-hybridized carbons (Fsp3) is 0.941. The molecule has 0 saturated carbocycles. The number of nitrogens with zero attached hydrogens (tertiary/aromatic N) is 2. The molecule has 5 heteroatoms. The van der Waals surface area contributed by atoms with Crippen LogP contribution in [0.3, 0.4) is 0 Å². The van der Waals surface area contributed by atoms with Crippen molar-refractivity contribution < 1.29 is 9.53 Å². The summed E-state index contributed by atoms with van der Waals surface area (Å²) in [5, 5.41) is 3.46. The summed E-state index contributed by atoms with van der Waals surface area (Å²) in [6, 6.07) is 0. The third kappa shape index (κ3) is 5.52. The predicted molar refractivity (Wildman–Crippen MR) is 88.9 cm³/mol. The Hall–Kier alpha value is -0.650. The first kappa shape index (κ1) is 17.7. The van der Waals surface area contributed by atoms with Gasteiger partial charge in [0.25, 0.3) is 0 Å². The van der Waals surface area contributed by atoms with Crippen molar-refractivity contribution >= 4 is 5.91 Å². The zero-order chi connectivity index (χ0) is 15.8. The van der Waals surface area contributed by atoms with Crippen LogP contribution >= 0.6 is 0 Å². The lowest BCUT2D eigenvalue weighted by atomic mass is 9.85. The highest BCUT2D eigenvalue weighted by atomic mass is 16.5. The van der Waals surface area contributed by atoms with E-state index >= 15 is 0 Å². The molecule has 2 aliphatic rings. The number of amides is 1. The van der Waals surface area contributed by atoms with Crippen molar-refractivity contribution in [2.24, 2.45) is 11.8 Å². The van der Waals surface area contributed by atoms with Crippen LogP contribution in [0.5, 0.6) is 0 Å². The predicted octanol–water partition coefficient (Wildman–Crippen LogP) is 1.19. The van der Waals surface area contributed by atoms with Gasteiger partial charge in [-0.25, -0.2) is 0 Å². The molecule has 0 spiro atoms. The van der Waals surface area contributed by atoms with Crippen molar-refractivity contribution in [1.29, 1.82) is 0 Å². The van der Waals surface area contributed by atoms with Crippen molar-refractivity contribution in [3.8, 4) is 0 Å². The van der Waals surface area contributed by atoms with Gasteiger partial charge in [0, 0.05) is 45.8 Å². The normalized spacial score (nSPS) is 25.2. The maximum absolute atomic E-state index is 12.5. The van der Waals surface area contributed by atoms with Crippen LogP contribution in [0.2, 0.25) is 0 Å². The highest BCUT2D eigenvalue weighted by Crippen LogP contribution is 2.23. The number of carbonyl (C=O) groups is 1. The van der Waals surface area contributed by atoms with Crippen LogP contribution in [0, 0.1) is 11.8 Å². The topological polar surface area (TPSA) is 44.8 Å². The minimum atomic E-state index is 0.350. The zero-order valence-electron chi connectivity index (χ0n) is 14.4. The largest absolute Gasteiger partial charge is 0.380 e. The summed E-state index contributed by atoms with van der Waals surface area (Å²) >= 11 is 0. The summed E-state index contributed by atoms with van der Waals surface area (Å²) in [5.74, 6) is 1.52. The lowest BCUT2D eigenvalue weighted by molar-refractivity contribution is -0.134. The molecule has 0 radical (unpaired) electrons. The van der Waals surface area contributed by atoms with E-state index in [1.54, 1.807) is 0 Å². The molecule has 0 aliphatic carbocycles. The van der Waals surface area contributed by atoms with E-state index in [1.807, 2.05) is 6.92 Å². The minimum absolute atomic E-state index is 0.350. The van der Waals surface area contributed by atoms with Gasteiger partial charge < -0.3 is 15.0 Å². The van der Waals surface area contributed by atoms with E-state index in [-0.39, 0.29) is 0 Å². The first-order chi connectivity index (χ1) is 10.7. The monoisotopic (exact) mass is 311 g/mol. The number of piperidine rings is 1. The van der Waals surface area contributed by atoms with E-state index in [0.717, 1.165) is 59.0 Å². The molecule has 1 amide bonds. The van der Waals surface area contributed by atoms with Gasteiger partial charge in [-0.2, -0.15) is 0 Å². The van der Waals surface area contributed by atoms with Crippen molar-refractivity contribution in [3.63, 3.8) is 0 Å². The number of ether oxygens (including phenoxy) is 1. The van der Waals surface area contributed by atoms with Crippen LogP contribution in [-0.4, -0.2) is 74.7 Å². The van der Waals surface area contributed by atoms with Gasteiger partial charge in [0.1, 0.15) is 0 Å². The molecule has 2 atom stereocenters. The smallest absolute Gasteiger partial charge is 0.222 e. The Kier molecular flexibility index (Phi) is 7.63. The van der Waals surface area contributed by atoms with Gasteiger partial charge in [0.15, 0.2) is 0 Å². The summed E-state index contributed by atoms with van der Waals surface area (Å²) in [7, 11) is 0. The quantitative estimate of drug-likeness (QED) is 0.718. The molecule has 1 N–H and O–H groups in total. The highest BCUT2D eigenvalue weighted by molar-refractivity contribution is 5.76. The second kappa shape index (κ2) is 9.48. The molecule has 2 heterocycles. The van der Waals surface area contributed by atoms with E-state index in [0.29, 0.717) is 24.2 Å². The molecule has 5 nitrogen and oxygen atoms in total. The Morgan fingerprint density at radius 1 is 1.32 bits per heavy atom. The summed E-state index contributed by atoms with van der Waals surface area (Å²) < 4.78 is 5.40. The van der Waals surface area contributed by atoms with Crippen molar-refractivity contribution in [1.82, 2.24) is 15.1 Å². The number of hydrogen-bond donors (Lipinski definition) is 1. The van der Waals surface area contributed by atoms with Gasteiger partial charge >= 0.3 is 0 Å². The van der Waals surface area contributed by atoms with Crippen molar-refractivity contribution in [2.75, 3.05) is 59.0 Å². The number of rotatable bonds is 7. The first-order valence-corrected chi connectivity index (χ1v) is 8.99. The third-order valence-corrected chi connectivity index (χ3v) is 5.12. The molecule has 2 unspecified atom stereocenters. The van der Waals surface area contributed by atoms with Crippen LogP contribution in [-0.2, 0) is 9.53 Å². The molecule has 128 valence electrons. The second-order valence-electron chi connectivity index (χ2n) is 6.71. The zero-order valence-corrected chi connectivity index (χ0v) is 14.4. The van der Waals surface area contributed by atoms with Gasteiger partial charge in [-0.1, -0.05) is 6.92 Å². The molecule has 0 aromatic carbocycles. The first-order valence-electron chi connectivity index (χ1n) is 8.99. The Morgan fingerprint density at radius 3 is 2.73 bits per heavy atom. The molecular weight excluding hydrogens is 278 g/mol. The lowest BCUT2D eigenvalue weighted by Crippen LogP contribution is -2.50. The van der Waals surface area contributed by atoms with E-state index in [4.69, 9.17) is 4.74 Å². The molecule has 0 aromatic rings. The van der Waals surface area contributed by atoms with E-state index in [1.165, 1.54) is 12.8 Å². The van der Waals surface area contributed by atoms with Gasteiger partial charge in [-0.3, -0.25) is 9.69 Å². The van der Waals surface area contributed by atoms with Gasteiger partial charge in [-0.05, 0) is 44.7 Å².